The molecule has 1 N–H and O–H groups in total. The Morgan fingerprint density at radius 1 is 1.37 bits per heavy atom. The largest absolute Gasteiger partial charge is 0.320 e. The Morgan fingerprint density at radius 3 is 2.81 bits per heavy atom. The van der Waals surface area contributed by atoms with Crippen LogP contribution in [0.5, 0.6) is 0 Å². The summed E-state index contributed by atoms with van der Waals surface area (Å²) >= 11 is 5.97. The first-order chi connectivity index (χ1) is 12.9. The molecule has 0 unspecified atom stereocenters. The molecule has 10 nitrogen and oxygen atoms in total. The van der Waals surface area contributed by atoms with Crippen LogP contribution in [-0.4, -0.2) is 35.4 Å². The molecule has 0 aliphatic carbocycles. The Labute approximate surface area is 156 Å². The predicted molar refractivity (Wildman–Crippen MR) is 93.0 cm³/mol. The van der Waals surface area contributed by atoms with E-state index in [2.05, 4.69) is 20.5 Å². The minimum Gasteiger partial charge on any atom is -0.287 e. The number of aromatic nitrogens is 5. The summed E-state index contributed by atoms with van der Waals surface area (Å²) < 4.78 is 16.4. The van der Waals surface area contributed by atoms with Crippen molar-refractivity contribution in [2.24, 2.45) is 0 Å². The first-order valence-electron chi connectivity index (χ1n) is 7.74. The van der Waals surface area contributed by atoms with Gasteiger partial charge in [0.05, 0.1) is 11.5 Å². The van der Waals surface area contributed by atoms with Crippen LogP contribution >= 0.6 is 11.6 Å². The molecule has 0 aliphatic heterocycles. The third-order valence-electron chi connectivity index (χ3n) is 3.62. The quantitative estimate of drug-likeness (QED) is 0.507. The van der Waals surface area contributed by atoms with E-state index in [9.17, 15) is 19.3 Å². The molecule has 0 aliphatic rings. The number of amides is 1. The van der Waals surface area contributed by atoms with Gasteiger partial charge in [0.1, 0.15) is 18.3 Å². The molecule has 2 heterocycles. The minimum atomic E-state index is -0.824. The molecule has 12 heteroatoms. The van der Waals surface area contributed by atoms with Gasteiger partial charge in [0.2, 0.25) is 11.6 Å². The lowest BCUT2D eigenvalue weighted by molar-refractivity contribution is -0.385. The number of nitro groups is 1. The van der Waals surface area contributed by atoms with Crippen LogP contribution in [0.3, 0.4) is 0 Å². The minimum absolute atomic E-state index is 0.00101. The van der Waals surface area contributed by atoms with Crippen molar-refractivity contribution in [3.63, 3.8) is 0 Å². The second kappa shape index (κ2) is 7.50. The van der Waals surface area contributed by atoms with Gasteiger partial charge in [-0.3, -0.25) is 24.9 Å². The number of nitrogens with one attached hydrogen (secondary N) is 1. The Kier molecular flexibility index (Phi) is 5.12. The van der Waals surface area contributed by atoms with E-state index in [1.54, 1.807) is 13.0 Å². The number of hydrogen-bond acceptors (Lipinski definition) is 6. The van der Waals surface area contributed by atoms with Gasteiger partial charge in [-0.25, -0.2) is 14.1 Å². The summed E-state index contributed by atoms with van der Waals surface area (Å²) in [5.41, 5.74) is -0.554. The highest BCUT2D eigenvalue weighted by atomic mass is 35.5. The van der Waals surface area contributed by atoms with E-state index in [0.29, 0.717) is 6.54 Å². The average Bonchev–Trinajstić information content (AvgIpc) is 3.25. The number of benzene rings is 1. The number of nitrogens with zero attached hydrogens (tertiary/aromatic N) is 6. The zero-order valence-corrected chi connectivity index (χ0v) is 14.7. The Balaban J connectivity index is 1.77. The normalized spacial score (nSPS) is 10.8. The number of anilines is 1. The van der Waals surface area contributed by atoms with Crippen molar-refractivity contribution in [2.45, 2.75) is 20.0 Å². The van der Waals surface area contributed by atoms with Crippen LogP contribution in [0.4, 0.5) is 16.0 Å². The summed E-state index contributed by atoms with van der Waals surface area (Å²) in [5, 5.41) is 21.5. The van der Waals surface area contributed by atoms with Crippen LogP contribution in [0, 0.1) is 15.9 Å². The Bertz CT molecular complexity index is 997. The summed E-state index contributed by atoms with van der Waals surface area (Å²) in [6.45, 7) is 2.10. The second-order valence-corrected chi connectivity index (χ2v) is 5.80. The first kappa shape index (κ1) is 18.5. The molecule has 3 aromatic rings. The third-order valence-corrected chi connectivity index (χ3v) is 3.98. The van der Waals surface area contributed by atoms with E-state index >= 15 is 0 Å². The third kappa shape index (κ3) is 3.92. The van der Waals surface area contributed by atoms with E-state index in [1.165, 1.54) is 34.0 Å². The summed E-state index contributed by atoms with van der Waals surface area (Å²) in [4.78, 5) is 26.5. The van der Waals surface area contributed by atoms with Gasteiger partial charge in [-0.2, -0.15) is 5.10 Å². The van der Waals surface area contributed by atoms with E-state index in [4.69, 9.17) is 11.6 Å². The van der Waals surface area contributed by atoms with Crippen LogP contribution in [0.15, 0.2) is 30.7 Å². The predicted octanol–water partition coefficient (Wildman–Crippen LogP) is 2.50. The van der Waals surface area contributed by atoms with Crippen molar-refractivity contribution in [1.29, 1.82) is 0 Å². The molecule has 0 atom stereocenters. The SMILES string of the molecule is CCn1cc([N+](=O)[O-])c(C(=O)Nc2ncn(Cc3c(F)cccc3Cl)n2)n1. The maximum absolute atomic E-state index is 13.8. The zero-order chi connectivity index (χ0) is 19.6. The molecule has 0 radical (unpaired) electrons. The lowest BCUT2D eigenvalue weighted by Crippen LogP contribution is -2.16. The van der Waals surface area contributed by atoms with Gasteiger partial charge in [-0.05, 0) is 19.1 Å². The van der Waals surface area contributed by atoms with Crippen molar-refractivity contribution < 1.29 is 14.1 Å². The van der Waals surface area contributed by atoms with Gasteiger partial charge in [0.25, 0.3) is 5.91 Å². The molecule has 0 saturated heterocycles. The molecule has 1 amide bonds. The van der Waals surface area contributed by atoms with Crippen LogP contribution < -0.4 is 5.32 Å². The molecule has 0 bridgehead atoms. The summed E-state index contributed by atoms with van der Waals surface area (Å²) in [5.74, 6) is -1.42. The van der Waals surface area contributed by atoms with E-state index < -0.39 is 22.3 Å². The van der Waals surface area contributed by atoms with Gasteiger partial charge in [0, 0.05) is 17.1 Å². The topological polar surface area (TPSA) is 121 Å². The Hall–Kier alpha value is -3.34. The lowest BCUT2D eigenvalue weighted by Gasteiger charge is -2.05. The maximum Gasteiger partial charge on any atom is 0.320 e. The van der Waals surface area contributed by atoms with Crippen molar-refractivity contribution in [2.75, 3.05) is 5.32 Å². The number of carbonyl (C=O) groups is 1. The lowest BCUT2D eigenvalue weighted by atomic mass is 10.2. The van der Waals surface area contributed by atoms with Gasteiger partial charge in [-0.15, -0.1) is 5.10 Å². The molecule has 1 aromatic carbocycles. The fraction of sp³-hybridized carbons (Fsp3) is 0.200. The van der Waals surface area contributed by atoms with Gasteiger partial charge in [-0.1, -0.05) is 17.7 Å². The summed E-state index contributed by atoms with van der Waals surface area (Å²) in [6.07, 6.45) is 2.44. The van der Waals surface area contributed by atoms with Crippen LogP contribution in [-0.2, 0) is 13.1 Å². The molecule has 140 valence electrons. The highest BCUT2D eigenvalue weighted by Gasteiger charge is 2.26. The monoisotopic (exact) mass is 393 g/mol. The number of rotatable bonds is 6. The Morgan fingerprint density at radius 2 is 2.15 bits per heavy atom. The zero-order valence-electron chi connectivity index (χ0n) is 14.0. The molecule has 0 spiro atoms. The van der Waals surface area contributed by atoms with Crippen LogP contribution in [0.1, 0.15) is 23.0 Å². The van der Waals surface area contributed by atoms with Crippen LogP contribution in [0.2, 0.25) is 5.02 Å². The average molecular weight is 394 g/mol. The number of aryl methyl sites for hydroxylation is 1. The highest BCUT2D eigenvalue weighted by molar-refractivity contribution is 6.31. The fourth-order valence-electron chi connectivity index (χ4n) is 2.30. The van der Waals surface area contributed by atoms with E-state index in [1.807, 2.05) is 0 Å². The van der Waals surface area contributed by atoms with Gasteiger partial charge < -0.3 is 0 Å². The number of hydrogen-bond donors (Lipinski definition) is 1. The van der Waals surface area contributed by atoms with Crippen LogP contribution in [0.25, 0.3) is 0 Å². The second-order valence-electron chi connectivity index (χ2n) is 5.40. The van der Waals surface area contributed by atoms with Gasteiger partial charge in [0.15, 0.2) is 0 Å². The number of halogens is 2. The van der Waals surface area contributed by atoms with E-state index in [0.717, 1.165) is 0 Å². The van der Waals surface area contributed by atoms with E-state index in [-0.39, 0.29) is 28.8 Å². The van der Waals surface area contributed by atoms with Crippen molar-refractivity contribution in [3.05, 3.63) is 62.9 Å². The molecular formula is C15H13ClFN7O3. The van der Waals surface area contributed by atoms with Crippen molar-refractivity contribution in [1.82, 2.24) is 24.5 Å². The molecule has 27 heavy (non-hydrogen) atoms. The first-order valence-corrected chi connectivity index (χ1v) is 8.12. The summed E-state index contributed by atoms with van der Waals surface area (Å²) in [7, 11) is 0. The van der Waals surface area contributed by atoms with Crippen molar-refractivity contribution >= 4 is 29.1 Å². The molecule has 0 saturated carbocycles. The smallest absolute Gasteiger partial charge is 0.287 e. The molecule has 2 aromatic heterocycles. The van der Waals surface area contributed by atoms with Crippen molar-refractivity contribution in [3.8, 4) is 0 Å². The summed E-state index contributed by atoms with van der Waals surface area (Å²) in [6, 6.07) is 4.29. The van der Waals surface area contributed by atoms with Gasteiger partial charge >= 0.3 is 5.69 Å². The maximum atomic E-state index is 13.8. The fourth-order valence-corrected chi connectivity index (χ4v) is 2.53. The molecular weight excluding hydrogens is 381 g/mol. The standard InChI is InChI=1S/C15H13ClFN7O3/c1-2-22-7-12(24(26)27)13(20-22)14(25)19-15-18-8-23(21-15)6-9-10(16)4-3-5-11(9)17/h3-5,7-8H,2,6H2,1H3,(H,19,21,25). The molecule has 0 fully saturated rings. The number of carbonyl (C=O) groups excluding carboxylic acids is 1. The highest BCUT2D eigenvalue weighted by Crippen LogP contribution is 2.20. The molecule has 3 rings (SSSR count).